The molecule has 0 bridgehead atoms. The van der Waals surface area contributed by atoms with Crippen LogP contribution in [0.15, 0.2) is 24.3 Å². The number of nitrogens with one attached hydrogen (secondary N) is 1. The molecular formula is C12H18INO. The van der Waals surface area contributed by atoms with Crippen LogP contribution < -0.4 is 5.32 Å². The van der Waals surface area contributed by atoms with Crippen molar-refractivity contribution in [2.75, 3.05) is 13.1 Å². The van der Waals surface area contributed by atoms with Crippen molar-refractivity contribution in [3.8, 4) is 0 Å². The molecule has 0 aliphatic heterocycles. The first-order chi connectivity index (χ1) is 7.24. The molecule has 0 amide bonds. The Morgan fingerprint density at radius 2 is 2.00 bits per heavy atom. The third-order valence-corrected chi connectivity index (χ3v) is 3.02. The summed E-state index contributed by atoms with van der Waals surface area (Å²) in [4.78, 5) is 0. The lowest BCUT2D eigenvalue weighted by Crippen LogP contribution is -2.22. The Balaban J connectivity index is 2.33. The summed E-state index contributed by atoms with van der Waals surface area (Å²) in [5.74, 6) is 0. The number of halogens is 1. The Kier molecular flexibility index (Phi) is 6.20. The summed E-state index contributed by atoms with van der Waals surface area (Å²) in [6, 6.07) is 8.00. The molecule has 2 N–H and O–H groups in total. The normalized spacial score (nSPS) is 12.7. The molecule has 0 saturated carbocycles. The first-order valence-corrected chi connectivity index (χ1v) is 6.46. The quantitative estimate of drug-likeness (QED) is 0.624. The van der Waals surface area contributed by atoms with Crippen molar-refractivity contribution in [3.63, 3.8) is 0 Å². The Labute approximate surface area is 105 Å². The van der Waals surface area contributed by atoms with E-state index in [1.165, 1.54) is 16.4 Å². The van der Waals surface area contributed by atoms with Gasteiger partial charge < -0.3 is 10.4 Å². The van der Waals surface area contributed by atoms with Crippen molar-refractivity contribution < 1.29 is 5.11 Å². The third-order valence-electron chi connectivity index (χ3n) is 2.30. The van der Waals surface area contributed by atoms with Crippen molar-refractivity contribution in [1.82, 2.24) is 5.32 Å². The first-order valence-electron chi connectivity index (χ1n) is 5.38. The molecule has 1 atom stereocenters. The van der Waals surface area contributed by atoms with Crippen molar-refractivity contribution in [3.05, 3.63) is 33.4 Å². The smallest absolute Gasteiger partial charge is 0.0914 e. The summed E-state index contributed by atoms with van der Waals surface area (Å²) in [6.45, 7) is 3.79. The van der Waals surface area contributed by atoms with Crippen LogP contribution in [0.2, 0.25) is 0 Å². The standard InChI is InChI=1S/C12H18INO/c1-2-3-8-14-9-12(15)10-4-6-11(13)7-5-10/h4-7,12,14-15H,2-3,8-9H2,1H3/t12-/m0/s1. The zero-order valence-electron chi connectivity index (χ0n) is 9.04. The van der Waals surface area contributed by atoms with E-state index in [1.807, 2.05) is 24.3 Å². The van der Waals surface area contributed by atoms with Crippen LogP contribution >= 0.6 is 22.6 Å². The number of unbranched alkanes of at least 4 members (excludes halogenated alkanes) is 1. The van der Waals surface area contributed by atoms with E-state index in [9.17, 15) is 5.11 Å². The molecule has 0 aliphatic rings. The molecule has 3 heteroatoms. The maximum Gasteiger partial charge on any atom is 0.0914 e. The predicted molar refractivity (Wildman–Crippen MR) is 71.9 cm³/mol. The highest BCUT2D eigenvalue weighted by Gasteiger charge is 2.05. The van der Waals surface area contributed by atoms with Gasteiger partial charge in [-0.1, -0.05) is 25.5 Å². The van der Waals surface area contributed by atoms with E-state index >= 15 is 0 Å². The maximum absolute atomic E-state index is 9.85. The topological polar surface area (TPSA) is 32.3 Å². The molecule has 0 spiro atoms. The number of rotatable bonds is 6. The van der Waals surface area contributed by atoms with Crippen LogP contribution in [-0.2, 0) is 0 Å². The monoisotopic (exact) mass is 319 g/mol. The van der Waals surface area contributed by atoms with Gasteiger partial charge in [0.05, 0.1) is 6.10 Å². The van der Waals surface area contributed by atoms with E-state index < -0.39 is 0 Å². The molecule has 0 radical (unpaired) electrons. The van der Waals surface area contributed by atoms with Gasteiger partial charge >= 0.3 is 0 Å². The molecule has 0 aromatic heterocycles. The zero-order chi connectivity index (χ0) is 11.1. The molecule has 0 heterocycles. The summed E-state index contributed by atoms with van der Waals surface area (Å²) in [5, 5.41) is 13.1. The van der Waals surface area contributed by atoms with Crippen molar-refractivity contribution in [1.29, 1.82) is 0 Å². The van der Waals surface area contributed by atoms with Gasteiger partial charge in [0, 0.05) is 10.1 Å². The highest BCUT2D eigenvalue weighted by atomic mass is 127. The Bertz CT molecular complexity index is 273. The molecule has 0 unspecified atom stereocenters. The average molecular weight is 319 g/mol. The van der Waals surface area contributed by atoms with Crippen LogP contribution in [0, 0.1) is 3.57 Å². The van der Waals surface area contributed by atoms with Gasteiger partial charge in [-0.05, 0) is 53.3 Å². The van der Waals surface area contributed by atoms with E-state index in [-0.39, 0.29) is 6.10 Å². The number of hydrogen-bond acceptors (Lipinski definition) is 2. The second-order valence-electron chi connectivity index (χ2n) is 3.63. The second kappa shape index (κ2) is 7.19. The predicted octanol–water partition coefficient (Wildman–Crippen LogP) is 2.71. The van der Waals surface area contributed by atoms with Crippen LogP contribution in [0.5, 0.6) is 0 Å². The van der Waals surface area contributed by atoms with Crippen molar-refractivity contribution in [2.45, 2.75) is 25.9 Å². The van der Waals surface area contributed by atoms with E-state index in [0.717, 1.165) is 12.1 Å². The molecule has 1 rings (SSSR count). The van der Waals surface area contributed by atoms with Gasteiger partial charge in [-0.25, -0.2) is 0 Å². The fourth-order valence-corrected chi connectivity index (χ4v) is 1.70. The van der Waals surface area contributed by atoms with Crippen LogP contribution in [0.4, 0.5) is 0 Å². The van der Waals surface area contributed by atoms with Gasteiger partial charge in [0.25, 0.3) is 0 Å². The van der Waals surface area contributed by atoms with Crippen molar-refractivity contribution >= 4 is 22.6 Å². The minimum Gasteiger partial charge on any atom is -0.387 e. The van der Waals surface area contributed by atoms with E-state index in [0.29, 0.717) is 6.54 Å². The Morgan fingerprint density at radius 3 is 2.60 bits per heavy atom. The summed E-state index contributed by atoms with van der Waals surface area (Å²) in [5.41, 5.74) is 0.986. The Morgan fingerprint density at radius 1 is 1.33 bits per heavy atom. The number of benzene rings is 1. The Hall–Kier alpha value is -0.130. The van der Waals surface area contributed by atoms with Crippen LogP contribution in [0.25, 0.3) is 0 Å². The molecule has 0 saturated heterocycles. The van der Waals surface area contributed by atoms with Gasteiger partial charge in [0.15, 0.2) is 0 Å². The van der Waals surface area contributed by atoms with Gasteiger partial charge in [-0.3, -0.25) is 0 Å². The SMILES string of the molecule is CCCCNC[C@H](O)c1ccc(I)cc1. The molecule has 2 nitrogen and oxygen atoms in total. The largest absolute Gasteiger partial charge is 0.387 e. The first kappa shape index (κ1) is 12.9. The minimum atomic E-state index is -0.390. The number of aliphatic hydroxyl groups excluding tert-OH is 1. The van der Waals surface area contributed by atoms with E-state index in [1.54, 1.807) is 0 Å². The maximum atomic E-state index is 9.85. The fourth-order valence-electron chi connectivity index (χ4n) is 1.34. The molecular weight excluding hydrogens is 301 g/mol. The van der Waals surface area contributed by atoms with Crippen LogP contribution in [-0.4, -0.2) is 18.2 Å². The average Bonchev–Trinajstić information content (AvgIpc) is 2.25. The fraction of sp³-hybridized carbons (Fsp3) is 0.500. The summed E-state index contributed by atoms with van der Waals surface area (Å²) < 4.78 is 1.20. The zero-order valence-corrected chi connectivity index (χ0v) is 11.2. The minimum absolute atomic E-state index is 0.390. The van der Waals surface area contributed by atoms with Gasteiger partial charge in [-0.2, -0.15) is 0 Å². The summed E-state index contributed by atoms with van der Waals surface area (Å²) in [7, 11) is 0. The number of aliphatic hydroxyl groups is 1. The lowest BCUT2D eigenvalue weighted by molar-refractivity contribution is 0.175. The van der Waals surface area contributed by atoms with Gasteiger partial charge in [0.2, 0.25) is 0 Å². The third kappa shape index (κ3) is 4.95. The molecule has 84 valence electrons. The lowest BCUT2D eigenvalue weighted by Gasteiger charge is -2.11. The number of hydrogen-bond donors (Lipinski definition) is 2. The molecule has 15 heavy (non-hydrogen) atoms. The highest BCUT2D eigenvalue weighted by Crippen LogP contribution is 2.13. The molecule has 1 aromatic rings. The van der Waals surface area contributed by atoms with Gasteiger partial charge in [0.1, 0.15) is 0 Å². The lowest BCUT2D eigenvalue weighted by atomic mass is 10.1. The summed E-state index contributed by atoms with van der Waals surface area (Å²) >= 11 is 2.26. The summed E-state index contributed by atoms with van der Waals surface area (Å²) in [6.07, 6.45) is 1.96. The van der Waals surface area contributed by atoms with Crippen LogP contribution in [0.1, 0.15) is 31.4 Å². The second-order valence-corrected chi connectivity index (χ2v) is 4.87. The van der Waals surface area contributed by atoms with E-state index in [2.05, 4.69) is 34.8 Å². The highest BCUT2D eigenvalue weighted by molar-refractivity contribution is 14.1. The van der Waals surface area contributed by atoms with Crippen LogP contribution in [0.3, 0.4) is 0 Å². The van der Waals surface area contributed by atoms with E-state index in [4.69, 9.17) is 0 Å². The molecule has 1 aromatic carbocycles. The molecule has 0 aliphatic carbocycles. The molecule has 0 fully saturated rings. The van der Waals surface area contributed by atoms with Crippen molar-refractivity contribution in [2.24, 2.45) is 0 Å². The van der Waals surface area contributed by atoms with Gasteiger partial charge in [-0.15, -0.1) is 0 Å².